The summed E-state index contributed by atoms with van der Waals surface area (Å²) >= 11 is -4.91. The average Bonchev–Trinajstić information content (AvgIpc) is 2.84. The summed E-state index contributed by atoms with van der Waals surface area (Å²) in [6.07, 6.45) is 17.4. The van der Waals surface area contributed by atoms with E-state index in [1.54, 1.807) is 0 Å². The molecule has 0 aliphatic heterocycles. The first kappa shape index (κ1) is 35.5. The molecule has 0 aromatic rings. The minimum atomic E-state index is -2.49. The Labute approximate surface area is 232 Å². The van der Waals surface area contributed by atoms with Gasteiger partial charge in [-0.05, 0) is 0 Å². The zero-order chi connectivity index (χ0) is 26.2. The molecule has 0 aromatic heterocycles. The molecular formula is C28H58O5Sn2. The predicted octanol–water partition coefficient (Wildman–Crippen LogP) is 7.59. The summed E-state index contributed by atoms with van der Waals surface area (Å²) in [5.41, 5.74) is 0. The van der Waals surface area contributed by atoms with E-state index in [0.717, 1.165) is 43.4 Å². The van der Waals surface area contributed by atoms with E-state index in [1.165, 1.54) is 77.0 Å². The Hall–Kier alpha value is 0.497. The summed E-state index contributed by atoms with van der Waals surface area (Å²) in [6, 6.07) is 0. The second-order valence-corrected chi connectivity index (χ2v) is 25.3. The maximum absolute atomic E-state index is 12.6. The predicted molar refractivity (Wildman–Crippen MR) is 153 cm³/mol. The molecule has 1 N–H and O–H groups in total. The molecule has 0 saturated carbocycles. The molecule has 0 aromatic carbocycles. The van der Waals surface area contributed by atoms with E-state index in [-0.39, 0.29) is 12.4 Å². The van der Waals surface area contributed by atoms with Gasteiger partial charge in [-0.15, -0.1) is 0 Å². The van der Waals surface area contributed by atoms with Crippen LogP contribution in [0, 0.1) is 0 Å². The first-order chi connectivity index (χ1) is 17.0. The summed E-state index contributed by atoms with van der Waals surface area (Å²) in [5.74, 6) is -0.940. The molecule has 0 aliphatic rings. The summed E-state index contributed by atoms with van der Waals surface area (Å²) < 4.78 is 16.1. The van der Waals surface area contributed by atoms with Crippen molar-refractivity contribution in [1.82, 2.24) is 0 Å². The van der Waals surface area contributed by atoms with Crippen molar-refractivity contribution < 1.29 is 20.8 Å². The van der Waals surface area contributed by atoms with Crippen LogP contribution in [0.5, 0.6) is 0 Å². The Morgan fingerprint density at radius 1 is 0.571 bits per heavy atom. The average molecular weight is 712 g/mol. The molecule has 7 heteroatoms. The minimum absolute atomic E-state index is 0.236. The first-order valence-electron chi connectivity index (χ1n) is 15.1. The van der Waals surface area contributed by atoms with E-state index < -0.39 is 52.4 Å². The van der Waals surface area contributed by atoms with Crippen LogP contribution in [0.4, 0.5) is 0 Å². The third kappa shape index (κ3) is 22.2. The van der Waals surface area contributed by atoms with Gasteiger partial charge in [0, 0.05) is 0 Å². The molecule has 1 atom stereocenters. The number of aliphatic hydroxyl groups excluding tert-OH is 1. The van der Waals surface area contributed by atoms with Gasteiger partial charge in [0.1, 0.15) is 0 Å². The quantitative estimate of drug-likeness (QED) is 0.0781. The van der Waals surface area contributed by atoms with Crippen molar-refractivity contribution in [2.45, 2.75) is 161 Å². The van der Waals surface area contributed by atoms with Crippen LogP contribution < -0.4 is 0 Å². The topological polar surface area (TPSA) is 72.8 Å². The van der Waals surface area contributed by atoms with Crippen molar-refractivity contribution in [2.75, 3.05) is 0 Å². The van der Waals surface area contributed by atoms with Crippen LogP contribution in [0.3, 0.4) is 0 Å². The number of unbranched alkanes of at least 4 members (excludes halogenated alkanes) is 12. The fourth-order valence-corrected chi connectivity index (χ4v) is 18.6. The van der Waals surface area contributed by atoms with Gasteiger partial charge in [-0.3, -0.25) is 0 Å². The Morgan fingerprint density at radius 2 is 0.914 bits per heavy atom. The molecule has 0 rings (SSSR count). The van der Waals surface area contributed by atoms with Gasteiger partial charge in [0.25, 0.3) is 0 Å². The maximum atomic E-state index is 12.6. The van der Waals surface area contributed by atoms with Gasteiger partial charge in [-0.2, -0.15) is 0 Å². The van der Waals surface area contributed by atoms with Crippen LogP contribution in [0.15, 0.2) is 0 Å². The zero-order valence-electron chi connectivity index (χ0n) is 23.7. The van der Waals surface area contributed by atoms with Gasteiger partial charge in [0.15, 0.2) is 0 Å². The van der Waals surface area contributed by atoms with Crippen LogP contribution in [0.1, 0.15) is 137 Å². The number of rotatable bonds is 25. The molecule has 0 saturated heterocycles. The van der Waals surface area contributed by atoms with Crippen molar-refractivity contribution >= 4 is 52.3 Å². The third-order valence-corrected chi connectivity index (χ3v) is 22.1. The van der Waals surface area contributed by atoms with E-state index in [2.05, 4.69) is 27.7 Å². The van der Waals surface area contributed by atoms with Crippen molar-refractivity contribution in [3.63, 3.8) is 0 Å². The van der Waals surface area contributed by atoms with Crippen molar-refractivity contribution in [1.29, 1.82) is 0 Å². The molecule has 0 spiro atoms. The van der Waals surface area contributed by atoms with Gasteiger partial charge in [-0.1, -0.05) is 0 Å². The number of aliphatic hydroxyl groups is 1. The van der Waals surface area contributed by atoms with E-state index in [1.807, 2.05) is 0 Å². The fourth-order valence-electron chi connectivity index (χ4n) is 4.44. The number of carbonyl (C=O) groups is 2. The van der Waals surface area contributed by atoms with Crippen LogP contribution in [0.25, 0.3) is 0 Å². The Morgan fingerprint density at radius 3 is 1.26 bits per heavy atom. The molecule has 1 unspecified atom stereocenters. The molecule has 0 fully saturated rings. The van der Waals surface area contributed by atoms with Gasteiger partial charge < -0.3 is 0 Å². The standard InChI is InChI=1S/4C6H13.C4H6O5.2Sn.2H/c4*1-3-5-6-4-2;5-2(4(8)9)1-3(6)7;;;;/h4*1,3-6H2,2H3;2,5H,1H2,(H,6,7)(H,8,9);;;;/q;;;;;2*+1;;/p-2. The van der Waals surface area contributed by atoms with Crippen molar-refractivity contribution in [3.8, 4) is 0 Å². The monoisotopic (exact) mass is 714 g/mol. The van der Waals surface area contributed by atoms with E-state index in [0.29, 0.717) is 0 Å². The molecule has 208 valence electrons. The van der Waals surface area contributed by atoms with Crippen LogP contribution >= 0.6 is 0 Å². The zero-order valence-corrected chi connectivity index (χ0v) is 30.3. The number of hydrogen-bond donors (Lipinski definition) is 1. The number of carbonyl (C=O) groups excluding carboxylic acids is 2. The Balaban J connectivity index is 4.65. The third-order valence-electron chi connectivity index (χ3n) is 6.73. The first-order valence-corrected chi connectivity index (χ1v) is 27.1. The normalized spacial score (nSPS) is 12.3. The van der Waals surface area contributed by atoms with E-state index >= 15 is 0 Å². The fraction of sp³-hybridized carbons (Fsp3) is 0.929. The Kier molecular flexibility index (Phi) is 26.5. The second-order valence-electron chi connectivity index (χ2n) is 10.3. The van der Waals surface area contributed by atoms with Gasteiger partial charge in [0.05, 0.1) is 0 Å². The van der Waals surface area contributed by atoms with E-state index in [4.69, 9.17) is 6.15 Å². The second kappa shape index (κ2) is 26.1. The van der Waals surface area contributed by atoms with E-state index in [9.17, 15) is 14.7 Å². The van der Waals surface area contributed by atoms with Gasteiger partial charge in [-0.25, -0.2) is 0 Å². The Bertz CT molecular complexity index is 480. The molecule has 35 heavy (non-hydrogen) atoms. The SMILES string of the molecule is CCCCC[CH2][SnH]([CH2]CCCCC)[O]C(=O)CC(O)C(=O)[O][SnH]([CH2]CCCCC)[CH2]CCCCC. The van der Waals surface area contributed by atoms with Crippen LogP contribution in [0.2, 0.25) is 17.7 Å². The molecule has 0 bridgehead atoms. The summed E-state index contributed by atoms with van der Waals surface area (Å²) in [6.45, 7) is 8.81. The molecular weight excluding hydrogens is 654 g/mol. The summed E-state index contributed by atoms with van der Waals surface area (Å²) in [5, 5.41) is 10.4. The summed E-state index contributed by atoms with van der Waals surface area (Å²) in [7, 11) is 0. The molecule has 5 nitrogen and oxygen atoms in total. The van der Waals surface area contributed by atoms with Crippen molar-refractivity contribution in [2.24, 2.45) is 0 Å². The van der Waals surface area contributed by atoms with Gasteiger partial charge >= 0.3 is 234 Å². The van der Waals surface area contributed by atoms with Crippen molar-refractivity contribution in [3.05, 3.63) is 0 Å². The molecule has 0 radical (unpaired) electrons. The molecule has 0 aliphatic carbocycles. The van der Waals surface area contributed by atoms with Crippen LogP contribution in [-0.2, 0) is 15.7 Å². The van der Waals surface area contributed by atoms with Gasteiger partial charge in [0.2, 0.25) is 0 Å². The van der Waals surface area contributed by atoms with Crippen LogP contribution in [-0.4, -0.2) is 63.5 Å². The number of hydrogen-bond acceptors (Lipinski definition) is 5. The summed E-state index contributed by atoms with van der Waals surface area (Å²) in [4.78, 5) is 25.2. The molecule has 0 heterocycles. The molecule has 0 amide bonds.